The summed E-state index contributed by atoms with van der Waals surface area (Å²) in [5.41, 5.74) is 0. The molecule has 2 atom stereocenters. The van der Waals surface area contributed by atoms with Crippen LogP contribution in [0.2, 0.25) is 0 Å². The lowest BCUT2D eigenvalue weighted by molar-refractivity contribution is 0.196. The maximum atomic E-state index is 3.64. The molecule has 1 aromatic heterocycles. The largest absolute Gasteiger partial charge is 0.313 e. The number of nitrogens with zero attached hydrogens (tertiary/aromatic N) is 1. The molecular weight excluding hydrogens is 296 g/mol. The molecule has 2 unspecified atom stereocenters. The second-order valence-electron chi connectivity index (χ2n) is 4.83. The lowest BCUT2D eigenvalue weighted by Crippen LogP contribution is -2.39. The van der Waals surface area contributed by atoms with E-state index in [9.17, 15) is 0 Å². The zero-order valence-electron chi connectivity index (χ0n) is 10.6. The van der Waals surface area contributed by atoms with Gasteiger partial charge in [-0.2, -0.15) is 0 Å². The van der Waals surface area contributed by atoms with E-state index in [1.165, 1.54) is 28.0 Å². The van der Waals surface area contributed by atoms with Crippen LogP contribution in [0.3, 0.4) is 0 Å². The quantitative estimate of drug-likeness (QED) is 0.918. The molecule has 0 bridgehead atoms. The van der Waals surface area contributed by atoms with E-state index < -0.39 is 0 Å². The first kappa shape index (κ1) is 13.5. The number of thiophene rings is 1. The predicted molar refractivity (Wildman–Crippen MR) is 78.6 cm³/mol. The van der Waals surface area contributed by atoms with E-state index >= 15 is 0 Å². The first-order chi connectivity index (χ1) is 8.19. The van der Waals surface area contributed by atoms with Crippen LogP contribution in [-0.4, -0.2) is 30.1 Å². The van der Waals surface area contributed by atoms with Gasteiger partial charge in [-0.25, -0.2) is 0 Å². The van der Waals surface area contributed by atoms with Crippen LogP contribution >= 0.6 is 27.3 Å². The second kappa shape index (κ2) is 6.32. The van der Waals surface area contributed by atoms with Gasteiger partial charge in [0.25, 0.3) is 0 Å². The van der Waals surface area contributed by atoms with Crippen molar-refractivity contribution in [3.63, 3.8) is 0 Å². The van der Waals surface area contributed by atoms with Crippen LogP contribution in [0.4, 0.5) is 0 Å². The third kappa shape index (κ3) is 3.78. The van der Waals surface area contributed by atoms with Gasteiger partial charge in [-0.3, -0.25) is 4.90 Å². The Bertz CT molecular complexity index is 353. The van der Waals surface area contributed by atoms with E-state index in [4.69, 9.17) is 0 Å². The van der Waals surface area contributed by atoms with Gasteiger partial charge in [0.2, 0.25) is 0 Å². The van der Waals surface area contributed by atoms with Crippen LogP contribution in [0.25, 0.3) is 0 Å². The van der Waals surface area contributed by atoms with Gasteiger partial charge in [0, 0.05) is 30.1 Å². The van der Waals surface area contributed by atoms with Crippen molar-refractivity contribution < 1.29 is 0 Å². The fraction of sp³-hybridized carbons (Fsp3) is 0.692. The highest BCUT2D eigenvalue weighted by Crippen LogP contribution is 2.24. The maximum Gasteiger partial charge on any atom is 0.0701 e. The topological polar surface area (TPSA) is 15.3 Å². The highest BCUT2D eigenvalue weighted by molar-refractivity contribution is 9.11. The lowest BCUT2D eigenvalue weighted by atomic mass is 10.2. The summed E-state index contributed by atoms with van der Waals surface area (Å²) in [6.45, 7) is 8.04. The molecule has 1 saturated heterocycles. The van der Waals surface area contributed by atoms with Crippen LogP contribution in [0.15, 0.2) is 15.9 Å². The Morgan fingerprint density at radius 2 is 2.35 bits per heavy atom. The molecule has 0 aliphatic carbocycles. The highest BCUT2D eigenvalue weighted by Gasteiger charge is 2.22. The summed E-state index contributed by atoms with van der Waals surface area (Å²) >= 11 is 5.39. The van der Waals surface area contributed by atoms with Crippen molar-refractivity contribution in [2.24, 2.45) is 0 Å². The van der Waals surface area contributed by atoms with E-state index in [-0.39, 0.29) is 0 Å². The first-order valence-electron chi connectivity index (χ1n) is 6.40. The molecular formula is C13H21BrN2S. The smallest absolute Gasteiger partial charge is 0.0701 e. The maximum absolute atomic E-state index is 3.64. The van der Waals surface area contributed by atoms with Gasteiger partial charge in [-0.1, -0.05) is 6.92 Å². The van der Waals surface area contributed by atoms with Crippen molar-refractivity contribution in [1.82, 2.24) is 10.2 Å². The number of hydrogen-bond donors (Lipinski definition) is 1. The van der Waals surface area contributed by atoms with Gasteiger partial charge in [-0.05, 0) is 54.4 Å². The Morgan fingerprint density at radius 1 is 1.53 bits per heavy atom. The zero-order chi connectivity index (χ0) is 12.3. The average Bonchev–Trinajstić information content (AvgIpc) is 2.62. The lowest BCUT2D eigenvalue weighted by Gasteiger charge is -2.28. The van der Waals surface area contributed by atoms with Gasteiger partial charge in [0.1, 0.15) is 0 Å². The van der Waals surface area contributed by atoms with E-state index in [0.29, 0.717) is 12.1 Å². The van der Waals surface area contributed by atoms with Crippen molar-refractivity contribution in [3.05, 3.63) is 20.8 Å². The molecule has 0 saturated carbocycles. The summed E-state index contributed by atoms with van der Waals surface area (Å²) in [5, 5.41) is 3.64. The fourth-order valence-electron chi connectivity index (χ4n) is 2.34. The second-order valence-corrected chi connectivity index (χ2v) is 7.38. The molecule has 1 fully saturated rings. The van der Waals surface area contributed by atoms with Crippen LogP contribution in [0.5, 0.6) is 0 Å². The average molecular weight is 317 g/mol. The van der Waals surface area contributed by atoms with Gasteiger partial charge in [-0.15, -0.1) is 11.3 Å². The van der Waals surface area contributed by atoms with Gasteiger partial charge in [0.15, 0.2) is 0 Å². The molecule has 2 rings (SSSR count). The summed E-state index contributed by atoms with van der Waals surface area (Å²) in [4.78, 5) is 4.08. The fourth-order valence-corrected chi connectivity index (χ4v) is 3.85. The van der Waals surface area contributed by atoms with Crippen LogP contribution < -0.4 is 5.32 Å². The zero-order valence-corrected chi connectivity index (χ0v) is 13.0. The number of hydrogen-bond acceptors (Lipinski definition) is 3. The predicted octanol–water partition coefficient (Wildman–Crippen LogP) is 3.47. The summed E-state index contributed by atoms with van der Waals surface area (Å²) in [6, 6.07) is 5.72. The van der Waals surface area contributed by atoms with Crippen LogP contribution in [-0.2, 0) is 6.54 Å². The van der Waals surface area contributed by atoms with Crippen molar-refractivity contribution in [2.45, 2.75) is 45.3 Å². The molecule has 1 aliphatic rings. The van der Waals surface area contributed by atoms with E-state index in [0.717, 1.165) is 13.1 Å². The summed E-state index contributed by atoms with van der Waals surface area (Å²) < 4.78 is 1.24. The molecule has 2 nitrogen and oxygen atoms in total. The van der Waals surface area contributed by atoms with Crippen molar-refractivity contribution in [1.29, 1.82) is 0 Å². The highest BCUT2D eigenvalue weighted by atomic mass is 79.9. The minimum atomic E-state index is 0.656. The van der Waals surface area contributed by atoms with E-state index in [1.807, 2.05) is 11.3 Å². The Balaban J connectivity index is 2.01. The molecule has 0 aromatic carbocycles. The van der Waals surface area contributed by atoms with Crippen molar-refractivity contribution in [2.75, 3.05) is 13.1 Å². The third-order valence-corrected chi connectivity index (χ3v) is 5.16. The molecule has 1 N–H and O–H groups in total. The SMILES string of the molecule is CCC1CN(Cc2ccc(Br)s2)C(C)CCN1. The standard InChI is InChI=1S/C13H21BrN2S/c1-3-11-8-16(10(2)6-7-15-11)9-12-4-5-13(14)17-12/h4-5,10-11,15H,3,6-9H2,1-2H3. The molecule has 0 radical (unpaired) electrons. The van der Waals surface area contributed by atoms with Crippen molar-refractivity contribution >= 4 is 27.3 Å². The molecule has 2 heterocycles. The monoisotopic (exact) mass is 316 g/mol. The molecule has 4 heteroatoms. The van der Waals surface area contributed by atoms with Gasteiger partial charge < -0.3 is 5.32 Å². The number of halogens is 1. The normalized spacial score (nSPS) is 27.0. The molecule has 0 amide bonds. The van der Waals surface area contributed by atoms with Crippen molar-refractivity contribution in [3.8, 4) is 0 Å². The Hall–Kier alpha value is 0.1000. The molecule has 0 spiro atoms. The Morgan fingerprint density at radius 3 is 3.00 bits per heavy atom. The minimum absolute atomic E-state index is 0.656. The summed E-state index contributed by atoms with van der Waals surface area (Å²) in [5.74, 6) is 0. The summed E-state index contributed by atoms with van der Waals surface area (Å²) in [6.07, 6.45) is 2.47. The van der Waals surface area contributed by atoms with E-state index in [2.05, 4.69) is 52.1 Å². The first-order valence-corrected chi connectivity index (χ1v) is 8.01. The van der Waals surface area contributed by atoms with Gasteiger partial charge >= 0.3 is 0 Å². The minimum Gasteiger partial charge on any atom is -0.313 e. The summed E-state index contributed by atoms with van der Waals surface area (Å²) in [7, 11) is 0. The van der Waals surface area contributed by atoms with Crippen LogP contribution in [0.1, 0.15) is 31.6 Å². The molecule has 96 valence electrons. The Kier molecular flexibility index (Phi) is 5.03. The molecule has 1 aliphatic heterocycles. The molecule has 1 aromatic rings. The number of rotatable bonds is 3. The van der Waals surface area contributed by atoms with Crippen LogP contribution in [0, 0.1) is 0 Å². The van der Waals surface area contributed by atoms with Gasteiger partial charge in [0.05, 0.1) is 3.79 Å². The third-order valence-electron chi connectivity index (χ3n) is 3.55. The Labute approximate surface area is 117 Å². The number of nitrogens with one attached hydrogen (secondary N) is 1. The molecule has 17 heavy (non-hydrogen) atoms. The van der Waals surface area contributed by atoms with E-state index in [1.54, 1.807) is 0 Å².